The maximum Gasteiger partial charge on any atom is 0.276 e. The number of rotatable bonds is 7. The van der Waals surface area contributed by atoms with Crippen LogP contribution in [0.2, 0.25) is 5.02 Å². The Morgan fingerprint density at radius 3 is 2.69 bits per heavy atom. The van der Waals surface area contributed by atoms with Gasteiger partial charge in [-0.3, -0.25) is 9.59 Å². The van der Waals surface area contributed by atoms with E-state index in [9.17, 15) is 9.59 Å². The standard InChI is InChI=1S/C22H20ClN3O3/c1-2-29-19-10-8-16(9-11-19)14-24-25-21(27)20-7-4-12-26(22(20)28)15-17-5-3-6-18(23)13-17/h3-14H,2,15H2,1H3,(H,25,27)/b24-14-. The molecule has 0 aliphatic heterocycles. The van der Waals surface area contributed by atoms with Crippen molar-refractivity contribution < 1.29 is 9.53 Å². The van der Waals surface area contributed by atoms with Crippen LogP contribution in [0, 0.1) is 0 Å². The number of nitrogens with zero attached hydrogens (tertiary/aromatic N) is 2. The first kappa shape index (κ1) is 20.4. The number of carbonyl (C=O) groups excluding carboxylic acids is 1. The van der Waals surface area contributed by atoms with Crippen molar-refractivity contribution in [3.8, 4) is 5.75 Å². The fourth-order valence-electron chi connectivity index (χ4n) is 2.71. The third kappa shape index (κ3) is 5.56. The molecule has 1 amide bonds. The first-order chi connectivity index (χ1) is 14.1. The van der Waals surface area contributed by atoms with Crippen LogP contribution in [0.15, 0.2) is 76.8 Å². The minimum atomic E-state index is -0.572. The number of pyridine rings is 1. The molecule has 3 rings (SSSR count). The van der Waals surface area contributed by atoms with Crippen LogP contribution in [0.1, 0.15) is 28.4 Å². The molecule has 6 nitrogen and oxygen atoms in total. The maximum absolute atomic E-state index is 12.6. The Hall–Kier alpha value is -3.38. The van der Waals surface area contributed by atoms with E-state index in [1.54, 1.807) is 24.4 Å². The Balaban J connectivity index is 1.68. The van der Waals surface area contributed by atoms with Gasteiger partial charge in [0.1, 0.15) is 11.3 Å². The molecule has 0 aliphatic rings. The van der Waals surface area contributed by atoms with E-state index in [2.05, 4.69) is 10.5 Å². The van der Waals surface area contributed by atoms with Crippen LogP contribution in [0.4, 0.5) is 0 Å². The average molecular weight is 410 g/mol. The summed E-state index contributed by atoms with van der Waals surface area (Å²) in [5.74, 6) is 0.191. The Bertz CT molecular complexity index is 1080. The Morgan fingerprint density at radius 1 is 1.17 bits per heavy atom. The van der Waals surface area contributed by atoms with Crippen molar-refractivity contribution in [1.82, 2.24) is 9.99 Å². The predicted octanol–water partition coefficient (Wildman–Crippen LogP) is 3.71. The van der Waals surface area contributed by atoms with Gasteiger partial charge in [0.05, 0.1) is 19.4 Å². The highest BCUT2D eigenvalue weighted by Gasteiger charge is 2.11. The number of hydrogen-bond acceptors (Lipinski definition) is 4. The van der Waals surface area contributed by atoms with Crippen LogP contribution in [-0.2, 0) is 6.54 Å². The van der Waals surface area contributed by atoms with Gasteiger partial charge in [0.25, 0.3) is 11.5 Å². The summed E-state index contributed by atoms with van der Waals surface area (Å²) >= 11 is 5.99. The fourth-order valence-corrected chi connectivity index (χ4v) is 2.92. The first-order valence-corrected chi connectivity index (χ1v) is 9.45. The number of halogens is 1. The zero-order chi connectivity index (χ0) is 20.6. The van der Waals surface area contributed by atoms with E-state index in [1.807, 2.05) is 43.3 Å². The normalized spacial score (nSPS) is 10.8. The molecule has 1 aromatic heterocycles. The van der Waals surface area contributed by atoms with Crippen molar-refractivity contribution in [3.63, 3.8) is 0 Å². The molecule has 2 aromatic carbocycles. The van der Waals surface area contributed by atoms with Gasteiger partial charge in [0, 0.05) is 11.2 Å². The quantitative estimate of drug-likeness (QED) is 0.477. The van der Waals surface area contributed by atoms with Crippen LogP contribution < -0.4 is 15.7 Å². The van der Waals surface area contributed by atoms with E-state index in [-0.39, 0.29) is 5.56 Å². The topological polar surface area (TPSA) is 72.7 Å². The van der Waals surface area contributed by atoms with Crippen LogP contribution >= 0.6 is 11.6 Å². The van der Waals surface area contributed by atoms with Crippen molar-refractivity contribution in [2.75, 3.05) is 6.61 Å². The van der Waals surface area contributed by atoms with Gasteiger partial charge in [-0.15, -0.1) is 0 Å². The van der Waals surface area contributed by atoms with E-state index in [1.165, 1.54) is 16.8 Å². The summed E-state index contributed by atoms with van der Waals surface area (Å²) in [6.07, 6.45) is 3.13. The van der Waals surface area contributed by atoms with Crippen molar-refractivity contribution in [2.24, 2.45) is 5.10 Å². The summed E-state index contributed by atoms with van der Waals surface area (Å²) in [5.41, 5.74) is 3.66. The second-order valence-corrected chi connectivity index (χ2v) is 6.62. The molecule has 0 aliphatic carbocycles. The third-order valence-electron chi connectivity index (χ3n) is 4.08. The van der Waals surface area contributed by atoms with Crippen LogP contribution in [-0.4, -0.2) is 23.3 Å². The average Bonchev–Trinajstić information content (AvgIpc) is 2.71. The minimum absolute atomic E-state index is 0.0124. The number of benzene rings is 2. The Kier molecular flexibility index (Phi) is 6.81. The van der Waals surface area contributed by atoms with Gasteiger partial charge in [0.15, 0.2) is 0 Å². The molecule has 1 heterocycles. The van der Waals surface area contributed by atoms with E-state index < -0.39 is 11.5 Å². The zero-order valence-corrected chi connectivity index (χ0v) is 16.6. The summed E-state index contributed by atoms with van der Waals surface area (Å²) in [6.45, 7) is 2.82. The Morgan fingerprint density at radius 2 is 1.97 bits per heavy atom. The highest BCUT2D eigenvalue weighted by atomic mass is 35.5. The van der Waals surface area contributed by atoms with Crippen LogP contribution in [0.3, 0.4) is 0 Å². The molecule has 29 heavy (non-hydrogen) atoms. The lowest BCUT2D eigenvalue weighted by Crippen LogP contribution is -2.30. The Labute approximate surface area is 173 Å². The number of aromatic nitrogens is 1. The summed E-state index contributed by atoms with van der Waals surface area (Å²) in [7, 11) is 0. The minimum Gasteiger partial charge on any atom is -0.494 e. The monoisotopic (exact) mass is 409 g/mol. The molecular formula is C22H20ClN3O3. The van der Waals surface area contributed by atoms with E-state index in [4.69, 9.17) is 16.3 Å². The first-order valence-electron chi connectivity index (χ1n) is 9.07. The predicted molar refractivity (Wildman–Crippen MR) is 114 cm³/mol. The molecule has 0 bridgehead atoms. The number of amides is 1. The number of nitrogens with one attached hydrogen (secondary N) is 1. The van der Waals surface area contributed by atoms with Gasteiger partial charge in [-0.05, 0) is 66.6 Å². The maximum atomic E-state index is 12.6. The van der Waals surface area contributed by atoms with Gasteiger partial charge in [-0.1, -0.05) is 23.7 Å². The molecule has 0 spiro atoms. The second kappa shape index (κ2) is 9.71. The van der Waals surface area contributed by atoms with Crippen LogP contribution in [0.5, 0.6) is 5.75 Å². The van der Waals surface area contributed by atoms with Gasteiger partial charge in [-0.2, -0.15) is 5.10 Å². The second-order valence-electron chi connectivity index (χ2n) is 6.19. The molecule has 0 saturated carbocycles. The molecule has 0 saturated heterocycles. The summed E-state index contributed by atoms with van der Waals surface area (Å²) < 4.78 is 6.83. The van der Waals surface area contributed by atoms with Gasteiger partial charge in [-0.25, -0.2) is 5.43 Å². The molecule has 0 fully saturated rings. The molecule has 0 radical (unpaired) electrons. The molecule has 1 N–H and O–H groups in total. The molecule has 0 unspecified atom stereocenters. The van der Waals surface area contributed by atoms with E-state index >= 15 is 0 Å². The fraction of sp³-hybridized carbons (Fsp3) is 0.136. The zero-order valence-electron chi connectivity index (χ0n) is 15.8. The smallest absolute Gasteiger partial charge is 0.276 e. The largest absolute Gasteiger partial charge is 0.494 e. The summed E-state index contributed by atoms with van der Waals surface area (Å²) in [5, 5.41) is 4.52. The number of carbonyl (C=O) groups is 1. The lowest BCUT2D eigenvalue weighted by Gasteiger charge is -2.08. The number of ether oxygens (including phenoxy) is 1. The number of hydrogen-bond donors (Lipinski definition) is 1. The number of hydrazone groups is 1. The van der Waals surface area contributed by atoms with Crippen molar-refractivity contribution >= 4 is 23.7 Å². The highest BCUT2D eigenvalue weighted by Crippen LogP contribution is 2.12. The van der Waals surface area contributed by atoms with E-state index in [0.717, 1.165) is 16.9 Å². The summed E-state index contributed by atoms with van der Waals surface area (Å²) in [4.78, 5) is 25.0. The molecule has 7 heteroatoms. The van der Waals surface area contributed by atoms with Gasteiger partial charge >= 0.3 is 0 Å². The lowest BCUT2D eigenvalue weighted by molar-refractivity contribution is 0.0953. The van der Waals surface area contributed by atoms with Crippen LogP contribution in [0.25, 0.3) is 0 Å². The molecule has 0 atom stereocenters. The highest BCUT2D eigenvalue weighted by molar-refractivity contribution is 6.30. The van der Waals surface area contributed by atoms with Crippen molar-refractivity contribution in [2.45, 2.75) is 13.5 Å². The molecule has 3 aromatic rings. The van der Waals surface area contributed by atoms with Crippen molar-refractivity contribution in [3.05, 3.63) is 98.9 Å². The lowest BCUT2D eigenvalue weighted by atomic mass is 10.2. The summed E-state index contributed by atoms with van der Waals surface area (Å²) in [6, 6.07) is 17.6. The molecular weight excluding hydrogens is 390 g/mol. The van der Waals surface area contributed by atoms with Crippen molar-refractivity contribution in [1.29, 1.82) is 0 Å². The third-order valence-corrected chi connectivity index (χ3v) is 4.31. The molecule has 148 valence electrons. The SMILES string of the molecule is CCOc1ccc(/C=N\NC(=O)c2cccn(Cc3cccc(Cl)c3)c2=O)cc1. The van der Waals surface area contributed by atoms with Gasteiger partial charge < -0.3 is 9.30 Å². The van der Waals surface area contributed by atoms with Gasteiger partial charge in [0.2, 0.25) is 0 Å². The van der Waals surface area contributed by atoms with E-state index in [0.29, 0.717) is 18.2 Å².